The fourth-order valence-electron chi connectivity index (χ4n) is 2.79. The molecule has 1 aromatic carbocycles. The van der Waals surface area contributed by atoms with E-state index < -0.39 is 0 Å². The van der Waals surface area contributed by atoms with Crippen molar-refractivity contribution < 1.29 is 0 Å². The predicted molar refractivity (Wildman–Crippen MR) is 82.8 cm³/mol. The SMILES string of the molecule is Cc1cccc(CN(C)Cc2ccc3c(c2)CCN3)n1. The molecule has 3 rings (SSSR count). The van der Waals surface area contributed by atoms with Crippen LogP contribution in [0.4, 0.5) is 5.69 Å². The van der Waals surface area contributed by atoms with Crippen molar-refractivity contribution >= 4 is 5.69 Å². The van der Waals surface area contributed by atoms with Crippen molar-refractivity contribution in [2.45, 2.75) is 26.4 Å². The molecule has 20 heavy (non-hydrogen) atoms. The fourth-order valence-corrected chi connectivity index (χ4v) is 2.79. The largest absolute Gasteiger partial charge is 0.384 e. The van der Waals surface area contributed by atoms with Gasteiger partial charge in [-0.1, -0.05) is 18.2 Å². The summed E-state index contributed by atoms with van der Waals surface area (Å²) in [6.07, 6.45) is 1.15. The first-order valence-electron chi connectivity index (χ1n) is 7.17. The molecule has 1 aliphatic heterocycles. The average molecular weight is 267 g/mol. The van der Waals surface area contributed by atoms with Crippen molar-refractivity contribution in [3.63, 3.8) is 0 Å². The average Bonchev–Trinajstić information content (AvgIpc) is 2.86. The second-order valence-electron chi connectivity index (χ2n) is 5.61. The van der Waals surface area contributed by atoms with Gasteiger partial charge in [0.25, 0.3) is 0 Å². The maximum Gasteiger partial charge on any atom is 0.0547 e. The van der Waals surface area contributed by atoms with E-state index in [0.717, 1.165) is 37.4 Å². The Morgan fingerprint density at radius 3 is 2.95 bits per heavy atom. The van der Waals surface area contributed by atoms with Crippen molar-refractivity contribution in [3.8, 4) is 0 Å². The molecule has 0 spiro atoms. The maximum atomic E-state index is 4.56. The number of nitrogens with one attached hydrogen (secondary N) is 1. The number of nitrogens with zero attached hydrogens (tertiary/aromatic N) is 2. The highest BCUT2D eigenvalue weighted by Gasteiger charge is 2.11. The van der Waals surface area contributed by atoms with Crippen LogP contribution in [0.25, 0.3) is 0 Å². The zero-order chi connectivity index (χ0) is 13.9. The Kier molecular flexibility index (Phi) is 3.70. The van der Waals surface area contributed by atoms with E-state index >= 15 is 0 Å². The van der Waals surface area contributed by atoms with Crippen LogP contribution in [0, 0.1) is 6.92 Å². The van der Waals surface area contributed by atoms with Gasteiger partial charge in [-0.25, -0.2) is 0 Å². The van der Waals surface area contributed by atoms with Gasteiger partial charge >= 0.3 is 0 Å². The Bertz CT molecular complexity index is 607. The van der Waals surface area contributed by atoms with E-state index in [-0.39, 0.29) is 0 Å². The third-order valence-corrected chi connectivity index (χ3v) is 3.71. The van der Waals surface area contributed by atoms with Crippen LogP contribution in [-0.4, -0.2) is 23.5 Å². The molecule has 1 aromatic heterocycles. The fraction of sp³-hybridized carbons (Fsp3) is 0.353. The van der Waals surface area contributed by atoms with Gasteiger partial charge in [0.05, 0.1) is 5.69 Å². The molecular formula is C17H21N3. The summed E-state index contributed by atoms with van der Waals surface area (Å²) in [5.41, 5.74) is 6.35. The van der Waals surface area contributed by atoms with Gasteiger partial charge in [-0.2, -0.15) is 0 Å². The van der Waals surface area contributed by atoms with E-state index in [1.807, 2.05) is 13.0 Å². The lowest BCUT2D eigenvalue weighted by Gasteiger charge is -2.17. The molecule has 0 saturated carbocycles. The molecule has 0 unspecified atom stereocenters. The molecule has 3 heteroatoms. The van der Waals surface area contributed by atoms with Crippen molar-refractivity contribution in [2.24, 2.45) is 0 Å². The number of fused-ring (bicyclic) bond motifs is 1. The minimum absolute atomic E-state index is 0.886. The summed E-state index contributed by atoms with van der Waals surface area (Å²) in [4.78, 5) is 6.87. The van der Waals surface area contributed by atoms with Gasteiger partial charge in [-0.05, 0) is 49.7 Å². The first kappa shape index (κ1) is 13.1. The monoisotopic (exact) mass is 267 g/mol. The number of anilines is 1. The minimum Gasteiger partial charge on any atom is -0.384 e. The highest BCUT2D eigenvalue weighted by molar-refractivity contribution is 5.56. The molecule has 0 amide bonds. The lowest BCUT2D eigenvalue weighted by molar-refractivity contribution is 0.315. The summed E-state index contributed by atoms with van der Waals surface area (Å²) in [6.45, 7) is 4.96. The summed E-state index contributed by atoms with van der Waals surface area (Å²) in [5.74, 6) is 0. The molecule has 0 saturated heterocycles. The van der Waals surface area contributed by atoms with Crippen LogP contribution in [0.15, 0.2) is 36.4 Å². The Hall–Kier alpha value is -1.87. The molecule has 0 atom stereocenters. The van der Waals surface area contributed by atoms with Crippen LogP contribution in [0.2, 0.25) is 0 Å². The van der Waals surface area contributed by atoms with E-state index in [4.69, 9.17) is 0 Å². The zero-order valence-corrected chi connectivity index (χ0v) is 12.2. The number of benzene rings is 1. The molecular weight excluding hydrogens is 246 g/mol. The third-order valence-electron chi connectivity index (χ3n) is 3.71. The summed E-state index contributed by atoms with van der Waals surface area (Å²) in [5, 5.41) is 3.40. The van der Waals surface area contributed by atoms with E-state index in [2.05, 4.69) is 52.6 Å². The van der Waals surface area contributed by atoms with Crippen molar-refractivity contribution in [1.82, 2.24) is 9.88 Å². The Morgan fingerprint density at radius 1 is 1.20 bits per heavy atom. The number of aryl methyl sites for hydroxylation is 1. The van der Waals surface area contributed by atoms with E-state index in [1.165, 1.54) is 16.8 Å². The van der Waals surface area contributed by atoms with Crippen LogP contribution >= 0.6 is 0 Å². The van der Waals surface area contributed by atoms with Crippen LogP contribution < -0.4 is 5.32 Å². The van der Waals surface area contributed by atoms with Gasteiger partial charge < -0.3 is 5.32 Å². The number of hydrogen-bond acceptors (Lipinski definition) is 3. The lowest BCUT2D eigenvalue weighted by Crippen LogP contribution is -2.18. The smallest absolute Gasteiger partial charge is 0.0547 e. The molecule has 3 nitrogen and oxygen atoms in total. The van der Waals surface area contributed by atoms with Crippen LogP contribution in [0.3, 0.4) is 0 Å². The first-order valence-corrected chi connectivity index (χ1v) is 7.17. The van der Waals surface area contributed by atoms with Gasteiger partial charge in [0.2, 0.25) is 0 Å². The van der Waals surface area contributed by atoms with Crippen LogP contribution in [-0.2, 0) is 19.5 Å². The highest BCUT2D eigenvalue weighted by atomic mass is 15.1. The molecule has 2 heterocycles. The topological polar surface area (TPSA) is 28.2 Å². The quantitative estimate of drug-likeness (QED) is 0.923. The molecule has 1 N–H and O–H groups in total. The van der Waals surface area contributed by atoms with Crippen molar-refractivity contribution in [1.29, 1.82) is 0 Å². The third kappa shape index (κ3) is 2.99. The summed E-state index contributed by atoms with van der Waals surface area (Å²) < 4.78 is 0. The Morgan fingerprint density at radius 2 is 2.10 bits per heavy atom. The number of rotatable bonds is 4. The Labute approximate surface area is 120 Å². The zero-order valence-electron chi connectivity index (χ0n) is 12.2. The summed E-state index contributed by atoms with van der Waals surface area (Å²) in [7, 11) is 2.15. The van der Waals surface area contributed by atoms with Gasteiger partial charge in [0.1, 0.15) is 0 Å². The van der Waals surface area contributed by atoms with Crippen LogP contribution in [0.5, 0.6) is 0 Å². The molecule has 1 aliphatic rings. The molecule has 0 fully saturated rings. The standard InChI is InChI=1S/C17H21N3/c1-13-4-3-5-16(19-13)12-20(2)11-14-6-7-17-15(10-14)8-9-18-17/h3-7,10,18H,8-9,11-12H2,1-2H3. The maximum absolute atomic E-state index is 4.56. The van der Waals surface area contributed by atoms with E-state index in [9.17, 15) is 0 Å². The molecule has 104 valence electrons. The van der Waals surface area contributed by atoms with Gasteiger partial charge in [0.15, 0.2) is 0 Å². The second-order valence-corrected chi connectivity index (χ2v) is 5.61. The number of pyridine rings is 1. The van der Waals surface area contributed by atoms with Crippen LogP contribution in [0.1, 0.15) is 22.5 Å². The van der Waals surface area contributed by atoms with E-state index in [1.54, 1.807) is 0 Å². The molecule has 0 radical (unpaired) electrons. The molecule has 0 aliphatic carbocycles. The number of hydrogen-bond donors (Lipinski definition) is 1. The molecule has 2 aromatic rings. The van der Waals surface area contributed by atoms with Crippen molar-refractivity contribution in [2.75, 3.05) is 18.9 Å². The molecule has 0 bridgehead atoms. The van der Waals surface area contributed by atoms with Gasteiger partial charge in [-0.3, -0.25) is 9.88 Å². The minimum atomic E-state index is 0.886. The number of aromatic nitrogens is 1. The normalized spacial score (nSPS) is 13.3. The van der Waals surface area contributed by atoms with Crippen molar-refractivity contribution in [3.05, 3.63) is 58.9 Å². The van der Waals surface area contributed by atoms with E-state index in [0.29, 0.717) is 0 Å². The van der Waals surface area contributed by atoms with Gasteiger partial charge in [-0.15, -0.1) is 0 Å². The second kappa shape index (κ2) is 5.63. The first-order chi connectivity index (χ1) is 9.70. The lowest BCUT2D eigenvalue weighted by atomic mass is 10.1. The Balaban J connectivity index is 1.65. The summed E-state index contributed by atoms with van der Waals surface area (Å²) in [6, 6.07) is 13.0. The predicted octanol–water partition coefficient (Wildman–Crippen LogP) is 2.99. The summed E-state index contributed by atoms with van der Waals surface area (Å²) >= 11 is 0. The highest BCUT2D eigenvalue weighted by Crippen LogP contribution is 2.23. The van der Waals surface area contributed by atoms with Gasteiger partial charge in [0, 0.05) is 31.0 Å².